The van der Waals surface area contributed by atoms with Crippen molar-refractivity contribution in [3.8, 4) is 0 Å². The highest BCUT2D eigenvalue weighted by Gasteiger charge is 2.35. The molecule has 66 valence electrons. The van der Waals surface area contributed by atoms with Gasteiger partial charge in [0.25, 0.3) is 0 Å². The quantitative estimate of drug-likeness (QED) is 0.291. The Labute approximate surface area is 71.5 Å². The van der Waals surface area contributed by atoms with E-state index in [1.54, 1.807) is 0 Å². The summed E-state index contributed by atoms with van der Waals surface area (Å²) in [5.74, 6) is 0. The Morgan fingerprint density at radius 1 is 1.67 bits per heavy atom. The van der Waals surface area contributed by atoms with Gasteiger partial charge in [-0.25, -0.2) is 0 Å². The number of azide groups is 1. The van der Waals surface area contributed by atoms with Crippen LogP contribution in [0, 0.1) is 0 Å². The van der Waals surface area contributed by atoms with E-state index in [1.165, 1.54) is 6.08 Å². The molecule has 1 saturated carbocycles. The van der Waals surface area contributed by atoms with Crippen LogP contribution < -0.4 is 0 Å². The van der Waals surface area contributed by atoms with E-state index in [9.17, 15) is 5.11 Å². The molecule has 0 spiro atoms. The molecule has 0 saturated heterocycles. The Balaban J connectivity index is 2.79. The minimum absolute atomic E-state index is 0.325. The highest BCUT2D eigenvalue weighted by atomic mass is 16.3. The van der Waals surface area contributed by atoms with Crippen molar-refractivity contribution in [1.82, 2.24) is 0 Å². The Hall–Kier alpha value is -0.990. The lowest BCUT2D eigenvalue weighted by molar-refractivity contribution is 0.0321. The first-order valence-corrected chi connectivity index (χ1v) is 4.13. The van der Waals surface area contributed by atoms with Gasteiger partial charge in [-0.3, -0.25) is 0 Å². The molecule has 1 aliphatic carbocycles. The second-order valence-corrected chi connectivity index (χ2v) is 3.16. The van der Waals surface area contributed by atoms with Crippen LogP contribution in [0.2, 0.25) is 0 Å². The van der Waals surface area contributed by atoms with E-state index in [1.807, 2.05) is 0 Å². The zero-order valence-electron chi connectivity index (χ0n) is 6.98. The smallest absolute Gasteiger partial charge is 0.0909 e. The molecule has 0 radical (unpaired) electrons. The summed E-state index contributed by atoms with van der Waals surface area (Å²) < 4.78 is 0. The van der Waals surface area contributed by atoms with Gasteiger partial charge in [-0.1, -0.05) is 24.0 Å². The SMILES string of the molecule is C=C[C@]1(O)CCCC[C@H]1N=[N+]=[N-]. The van der Waals surface area contributed by atoms with Crippen LogP contribution in [0.5, 0.6) is 0 Å². The summed E-state index contributed by atoms with van der Waals surface area (Å²) in [6.45, 7) is 3.56. The van der Waals surface area contributed by atoms with E-state index in [2.05, 4.69) is 16.6 Å². The number of hydrogen-bond acceptors (Lipinski definition) is 2. The summed E-state index contributed by atoms with van der Waals surface area (Å²) in [6.07, 6.45) is 4.89. The monoisotopic (exact) mass is 167 g/mol. The topological polar surface area (TPSA) is 69.0 Å². The fourth-order valence-electron chi connectivity index (χ4n) is 1.62. The molecular formula is C8H13N3O. The van der Waals surface area contributed by atoms with Crippen LogP contribution in [0.25, 0.3) is 10.4 Å². The summed E-state index contributed by atoms with van der Waals surface area (Å²) in [5, 5.41) is 13.5. The van der Waals surface area contributed by atoms with Gasteiger partial charge >= 0.3 is 0 Å². The average Bonchev–Trinajstić information content (AvgIpc) is 2.10. The molecule has 4 heteroatoms. The third-order valence-corrected chi connectivity index (χ3v) is 2.43. The van der Waals surface area contributed by atoms with E-state index >= 15 is 0 Å². The lowest BCUT2D eigenvalue weighted by atomic mass is 9.81. The number of nitrogens with zero attached hydrogens (tertiary/aromatic N) is 3. The molecule has 0 aromatic heterocycles. The van der Waals surface area contributed by atoms with Crippen LogP contribution in [-0.4, -0.2) is 16.7 Å². The second-order valence-electron chi connectivity index (χ2n) is 3.16. The molecule has 0 aromatic carbocycles. The first-order chi connectivity index (χ1) is 5.73. The average molecular weight is 167 g/mol. The Kier molecular flexibility index (Phi) is 2.74. The summed E-state index contributed by atoms with van der Waals surface area (Å²) >= 11 is 0. The highest BCUT2D eigenvalue weighted by molar-refractivity contribution is 5.06. The lowest BCUT2D eigenvalue weighted by Gasteiger charge is -2.34. The van der Waals surface area contributed by atoms with E-state index < -0.39 is 5.60 Å². The third-order valence-electron chi connectivity index (χ3n) is 2.43. The van der Waals surface area contributed by atoms with Gasteiger partial charge < -0.3 is 5.11 Å². The zero-order valence-corrected chi connectivity index (χ0v) is 6.98. The van der Waals surface area contributed by atoms with Crippen LogP contribution in [0.1, 0.15) is 25.7 Å². The minimum Gasteiger partial charge on any atom is -0.385 e. The predicted octanol–water partition coefficient (Wildman–Crippen LogP) is 2.16. The maximum atomic E-state index is 9.89. The van der Waals surface area contributed by atoms with Crippen LogP contribution >= 0.6 is 0 Å². The molecule has 1 N–H and O–H groups in total. The molecule has 0 unspecified atom stereocenters. The molecule has 0 bridgehead atoms. The fraction of sp³-hybridized carbons (Fsp3) is 0.750. The van der Waals surface area contributed by atoms with Crippen molar-refractivity contribution in [2.45, 2.75) is 37.3 Å². The number of hydrogen-bond donors (Lipinski definition) is 1. The summed E-state index contributed by atoms with van der Waals surface area (Å²) in [5.41, 5.74) is 7.29. The van der Waals surface area contributed by atoms with Gasteiger partial charge in [0.2, 0.25) is 0 Å². The Morgan fingerprint density at radius 2 is 2.42 bits per heavy atom. The second kappa shape index (κ2) is 3.61. The largest absolute Gasteiger partial charge is 0.385 e. The van der Waals surface area contributed by atoms with Crippen LogP contribution in [0.15, 0.2) is 17.8 Å². The zero-order chi connectivity index (χ0) is 9.03. The van der Waals surface area contributed by atoms with E-state index in [4.69, 9.17) is 5.53 Å². The van der Waals surface area contributed by atoms with Gasteiger partial charge in [0.05, 0.1) is 11.6 Å². The van der Waals surface area contributed by atoms with E-state index in [0.29, 0.717) is 6.42 Å². The predicted molar refractivity (Wildman–Crippen MR) is 46.5 cm³/mol. The van der Waals surface area contributed by atoms with Crippen molar-refractivity contribution in [1.29, 1.82) is 0 Å². The molecule has 0 heterocycles. The van der Waals surface area contributed by atoms with Crippen molar-refractivity contribution in [2.75, 3.05) is 0 Å². The molecule has 1 fully saturated rings. The van der Waals surface area contributed by atoms with Crippen molar-refractivity contribution < 1.29 is 5.11 Å². The van der Waals surface area contributed by atoms with Gasteiger partial charge in [-0.05, 0) is 18.4 Å². The Bertz CT molecular complexity index is 222. The van der Waals surface area contributed by atoms with Crippen molar-refractivity contribution >= 4 is 0 Å². The lowest BCUT2D eigenvalue weighted by Crippen LogP contribution is -2.41. The molecular weight excluding hydrogens is 154 g/mol. The fourth-order valence-corrected chi connectivity index (χ4v) is 1.62. The summed E-state index contributed by atoms with van der Waals surface area (Å²) in [4.78, 5) is 2.72. The van der Waals surface area contributed by atoms with Crippen LogP contribution in [-0.2, 0) is 0 Å². The molecule has 12 heavy (non-hydrogen) atoms. The normalized spacial score (nSPS) is 35.2. The molecule has 0 aromatic rings. The number of aliphatic hydroxyl groups is 1. The van der Waals surface area contributed by atoms with E-state index in [-0.39, 0.29) is 6.04 Å². The Morgan fingerprint density at radius 3 is 3.00 bits per heavy atom. The summed E-state index contributed by atoms with van der Waals surface area (Å²) in [7, 11) is 0. The van der Waals surface area contributed by atoms with Gasteiger partial charge in [0.1, 0.15) is 0 Å². The maximum absolute atomic E-state index is 9.89. The molecule has 2 atom stereocenters. The third kappa shape index (κ3) is 1.60. The van der Waals surface area contributed by atoms with Gasteiger partial charge in [0.15, 0.2) is 0 Å². The van der Waals surface area contributed by atoms with Crippen molar-refractivity contribution in [3.05, 3.63) is 23.1 Å². The van der Waals surface area contributed by atoms with E-state index in [0.717, 1.165) is 19.3 Å². The molecule has 1 aliphatic rings. The molecule has 4 nitrogen and oxygen atoms in total. The minimum atomic E-state index is -0.968. The first-order valence-electron chi connectivity index (χ1n) is 4.13. The van der Waals surface area contributed by atoms with Gasteiger partial charge in [0, 0.05) is 4.91 Å². The van der Waals surface area contributed by atoms with Crippen LogP contribution in [0.3, 0.4) is 0 Å². The molecule has 0 amide bonds. The van der Waals surface area contributed by atoms with Crippen LogP contribution in [0.4, 0.5) is 0 Å². The summed E-state index contributed by atoms with van der Waals surface area (Å²) in [6, 6.07) is -0.325. The first kappa shape index (κ1) is 9.10. The van der Waals surface area contributed by atoms with Crippen molar-refractivity contribution in [2.24, 2.45) is 5.11 Å². The molecule has 1 rings (SSSR count). The van der Waals surface area contributed by atoms with Crippen molar-refractivity contribution in [3.63, 3.8) is 0 Å². The molecule has 0 aliphatic heterocycles. The van der Waals surface area contributed by atoms with Gasteiger partial charge in [-0.15, -0.1) is 6.58 Å². The standard InChI is InChI=1S/C8H13N3O/c1-2-8(12)6-4-3-5-7(8)10-11-9/h2,7,12H,1,3-6H2/t7-,8+/m1/s1. The van der Waals surface area contributed by atoms with Gasteiger partial charge in [-0.2, -0.15) is 0 Å². The maximum Gasteiger partial charge on any atom is 0.0909 e. The number of rotatable bonds is 2. The highest BCUT2D eigenvalue weighted by Crippen LogP contribution is 2.31.